The number of benzene rings is 2. The van der Waals surface area contributed by atoms with Crippen molar-refractivity contribution >= 4 is 34.9 Å². The third-order valence-corrected chi connectivity index (χ3v) is 5.37. The Balaban J connectivity index is 1.60. The van der Waals surface area contributed by atoms with Crippen LogP contribution in [0.2, 0.25) is 0 Å². The molecule has 0 radical (unpaired) electrons. The van der Waals surface area contributed by atoms with Crippen LogP contribution in [-0.4, -0.2) is 29.5 Å². The minimum atomic E-state index is -4.51. The van der Waals surface area contributed by atoms with Crippen molar-refractivity contribution in [2.24, 2.45) is 0 Å². The van der Waals surface area contributed by atoms with Gasteiger partial charge in [0.25, 0.3) is 5.91 Å². The highest BCUT2D eigenvalue weighted by Crippen LogP contribution is 2.20. The van der Waals surface area contributed by atoms with E-state index in [1.807, 2.05) is 12.3 Å². The van der Waals surface area contributed by atoms with Gasteiger partial charge in [0.1, 0.15) is 18.9 Å². The van der Waals surface area contributed by atoms with Gasteiger partial charge in [-0.05, 0) is 55.3 Å². The number of aryl methyl sites for hydroxylation is 2. The van der Waals surface area contributed by atoms with Crippen molar-refractivity contribution in [3.8, 4) is 5.75 Å². The van der Waals surface area contributed by atoms with Crippen LogP contribution < -0.4 is 15.4 Å². The summed E-state index contributed by atoms with van der Waals surface area (Å²) in [6, 6.07) is 11.5. The number of carbonyl (C=O) groups is 2. The van der Waals surface area contributed by atoms with Gasteiger partial charge < -0.3 is 15.4 Å². The van der Waals surface area contributed by atoms with E-state index in [-0.39, 0.29) is 5.56 Å². The number of rotatable bonds is 8. The van der Waals surface area contributed by atoms with Crippen molar-refractivity contribution < 1.29 is 27.5 Å². The van der Waals surface area contributed by atoms with Crippen LogP contribution in [0.25, 0.3) is 6.08 Å². The zero-order chi connectivity index (χ0) is 24.7. The monoisotopic (exact) mass is 489 g/mol. The van der Waals surface area contributed by atoms with Gasteiger partial charge in [0.2, 0.25) is 5.91 Å². The molecule has 1 aromatic heterocycles. The zero-order valence-electron chi connectivity index (χ0n) is 18.4. The fraction of sp³-hybridized carbons (Fsp3) is 0.208. The number of carbonyl (C=O) groups excluding carboxylic acids is 2. The first kappa shape index (κ1) is 25.0. The molecule has 0 aliphatic carbocycles. The number of anilines is 1. The Hall–Kier alpha value is -3.66. The van der Waals surface area contributed by atoms with Gasteiger partial charge in [-0.25, -0.2) is 4.98 Å². The lowest BCUT2D eigenvalue weighted by Gasteiger charge is -2.11. The summed E-state index contributed by atoms with van der Waals surface area (Å²) in [5, 5.41) is 7.35. The van der Waals surface area contributed by atoms with E-state index in [1.165, 1.54) is 18.2 Å². The molecule has 0 spiro atoms. The summed E-state index contributed by atoms with van der Waals surface area (Å²) in [6.45, 7) is 2.53. The van der Waals surface area contributed by atoms with E-state index in [0.29, 0.717) is 23.6 Å². The van der Waals surface area contributed by atoms with Crippen molar-refractivity contribution in [2.75, 3.05) is 11.9 Å². The molecule has 6 nitrogen and oxygen atoms in total. The van der Waals surface area contributed by atoms with Crippen molar-refractivity contribution in [1.29, 1.82) is 0 Å². The molecule has 0 aliphatic rings. The first-order valence-electron chi connectivity index (χ1n) is 10.2. The number of halogens is 3. The van der Waals surface area contributed by atoms with Gasteiger partial charge in [-0.1, -0.05) is 18.2 Å². The predicted molar refractivity (Wildman–Crippen MR) is 125 cm³/mol. The second-order valence-electron chi connectivity index (χ2n) is 7.37. The number of ether oxygens (including phenoxy) is 1. The Bertz CT molecular complexity index is 1210. The Labute approximate surface area is 198 Å². The first-order valence-corrected chi connectivity index (χ1v) is 11.1. The van der Waals surface area contributed by atoms with Crippen LogP contribution in [0.1, 0.15) is 32.2 Å². The van der Waals surface area contributed by atoms with Crippen molar-refractivity contribution in [1.82, 2.24) is 10.3 Å². The molecule has 0 bridgehead atoms. The maximum absolute atomic E-state index is 12.4. The Morgan fingerprint density at radius 3 is 2.65 bits per heavy atom. The van der Waals surface area contributed by atoms with Gasteiger partial charge in [0.15, 0.2) is 0 Å². The molecule has 1 heterocycles. The number of nitrogens with one attached hydrogen (secondary N) is 2. The Morgan fingerprint density at radius 2 is 1.94 bits per heavy atom. The van der Waals surface area contributed by atoms with E-state index in [1.54, 1.807) is 60.0 Å². The summed E-state index contributed by atoms with van der Waals surface area (Å²) in [6.07, 6.45) is -1.59. The van der Waals surface area contributed by atoms with Crippen LogP contribution in [0.5, 0.6) is 5.75 Å². The molecular weight excluding hydrogens is 467 g/mol. The number of thiazole rings is 1. The lowest BCUT2D eigenvalue weighted by atomic mass is 10.1. The highest BCUT2D eigenvalue weighted by molar-refractivity contribution is 7.09. The predicted octanol–water partition coefficient (Wildman–Crippen LogP) is 5.28. The Morgan fingerprint density at radius 1 is 1.15 bits per heavy atom. The largest absolute Gasteiger partial charge is 0.487 e. The molecule has 178 valence electrons. The molecule has 10 heteroatoms. The van der Waals surface area contributed by atoms with E-state index >= 15 is 0 Å². The zero-order valence-corrected chi connectivity index (χ0v) is 19.2. The highest BCUT2D eigenvalue weighted by Gasteiger charge is 2.28. The van der Waals surface area contributed by atoms with Crippen LogP contribution >= 0.6 is 11.3 Å². The lowest BCUT2D eigenvalue weighted by molar-refractivity contribution is -0.123. The molecule has 0 unspecified atom stereocenters. The summed E-state index contributed by atoms with van der Waals surface area (Å²) in [5.74, 6) is -0.713. The summed E-state index contributed by atoms with van der Waals surface area (Å²) in [7, 11) is 0. The quantitative estimate of drug-likeness (QED) is 0.422. The lowest BCUT2D eigenvalue weighted by Crippen LogP contribution is -2.33. The molecule has 3 aromatic rings. The number of hydrogen-bond donors (Lipinski definition) is 2. The second kappa shape index (κ2) is 11.0. The average Bonchev–Trinajstić information content (AvgIpc) is 3.21. The van der Waals surface area contributed by atoms with Crippen LogP contribution in [0.3, 0.4) is 0 Å². The smallest absolute Gasteiger partial charge is 0.405 e. The van der Waals surface area contributed by atoms with Gasteiger partial charge in [-0.3, -0.25) is 9.59 Å². The first-order chi connectivity index (χ1) is 16.1. The maximum atomic E-state index is 12.4. The van der Waals surface area contributed by atoms with Crippen molar-refractivity contribution in [3.63, 3.8) is 0 Å². The molecule has 0 atom stereocenters. The van der Waals surface area contributed by atoms with Gasteiger partial charge in [0.05, 0.1) is 10.7 Å². The summed E-state index contributed by atoms with van der Waals surface area (Å²) < 4.78 is 42.7. The summed E-state index contributed by atoms with van der Waals surface area (Å²) in [5.41, 5.74) is 2.56. The number of aromatic nitrogens is 1. The highest BCUT2D eigenvalue weighted by atomic mass is 32.1. The van der Waals surface area contributed by atoms with E-state index in [2.05, 4.69) is 10.3 Å². The molecule has 3 rings (SSSR count). The van der Waals surface area contributed by atoms with Crippen LogP contribution in [0.15, 0.2) is 53.9 Å². The maximum Gasteiger partial charge on any atom is 0.405 e. The van der Waals surface area contributed by atoms with Crippen LogP contribution in [0, 0.1) is 13.8 Å². The molecule has 0 aliphatic heterocycles. The number of hydrogen-bond acceptors (Lipinski definition) is 5. The molecule has 0 saturated heterocycles. The van der Waals surface area contributed by atoms with Gasteiger partial charge in [0, 0.05) is 22.7 Å². The van der Waals surface area contributed by atoms with Gasteiger partial charge in [-0.15, -0.1) is 11.3 Å². The number of alkyl halides is 3. The average molecular weight is 490 g/mol. The standard InChI is InChI=1S/C24H22F3N3O3S/c1-15-6-8-18(23(32)28-14-24(25,26)27)11-21(15)30-22(31)9-7-17-4-3-5-20(10-17)33-12-19-13-34-16(2)29-19/h3-11,13H,12,14H2,1-2H3,(H,28,32)(H,30,31)/b9-7+. The molecule has 0 saturated carbocycles. The SMILES string of the molecule is Cc1nc(COc2cccc(/C=C/C(=O)Nc3cc(C(=O)NCC(F)(F)F)ccc3C)c2)cs1. The molecule has 34 heavy (non-hydrogen) atoms. The Kier molecular flexibility index (Phi) is 8.06. The van der Waals surface area contributed by atoms with E-state index < -0.39 is 24.5 Å². The van der Waals surface area contributed by atoms with Gasteiger partial charge >= 0.3 is 6.18 Å². The minimum Gasteiger partial charge on any atom is -0.487 e. The van der Waals surface area contributed by atoms with E-state index in [4.69, 9.17) is 4.74 Å². The topological polar surface area (TPSA) is 80.3 Å². The van der Waals surface area contributed by atoms with E-state index in [0.717, 1.165) is 16.3 Å². The summed E-state index contributed by atoms with van der Waals surface area (Å²) >= 11 is 1.55. The molecule has 2 N–H and O–H groups in total. The fourth-order valence-corrected chi connectivity index (χ4v) is 3.46. The molecule has 2 amide bonds. The van der Waals surface area contributed by atoms with Gasteiger partial charge in [-0.2, -0.15) is 13.2 Å². The normalized spacial score (nSPS) is 11.4. The molecule has 2 aromatic carbocycles. The van der Waals surface area contributed by atoms with Crippen LogP contribution in [0.4, 0.5) is 18.9 Å². The third-order valence-electron chi connectivity index (χ3n) is 4.55. The van der Waals surface area contributed by atoms with E-state index in [9.17, 15) is 22.8 Å². The molecular formula is C24H22F3N3O3S. The minimum absolute atomic E-state index is 0.00860. The second-order valence-corrected chi connectivity index (χ2v) is 8.43. The fourth-order valence-electron chi connectivity index (χ4n) is 2.87. The van der Waals surface area contributed by atoms with Crippen molar-refractivity contribution in [3.05, 3.63) is 81.3 Å². The summed E-state index contributed by atoms with van der Waals surface area (Å²) in [4.78, 5) is 28.7. The van der Waals surface area contributed by atoms with Crippen molar-refractivity contribution in [2.45, 2.75) is 26.6 Å². The number of amides is 2. The van der Waals surface area contributed by atoms with Crippen LogP contribution in [-0.2, 0) is 11.4 Å². The third kappa shape index (κ3) is 7.73. The number of nitrogens with zero attached hydrogens (tertiary/aromatic N) is 1. The molecule has 0 fully saturated rings.